The SMILES string of the molecule is O=C1C[C@@H](c2cccc(Br)c2)c2sc(C(=O)O)c(-c3cccc(F)c3)c2N1. The summed E-state index contributed by atoms with van der Waals surface area (Å²) in [6, 6.07) is 13.4. The van der Waals surface area contributed by atoms with Gasteiger partial charge >= 0.3 is 5.97 Å². The van der Waals surface area contributed by atoms with Crippen molar-refractivity contribution in [2.45, 2.75) is 12.3 Å². The number of thiophene rings is 1. The number of carboxylic acids is 1. The molecule has 1 aromatic heterocycles. The molecule has 0 unspecified atom stereocenters. The first kappa shape index (κ1) is 17.9. The summed E-state index contributed by atoms with van der Waals surface area (Å²) >= 11 is 4.57. The van der Waals surface area contributed by atoms with Crippen LogP contribution in [0.2, 0.25) is 0 Å². The lowest BCUT2D eigenvalue weighted by atomic mass is 9.89. The maximum absolute atomic E-state index is 13.8. The van der Waals surface area contributed by atoms with Crippen molar-refractivity contribution in [3.63, 3.8) is 0 Å². The first-order chi connectivity index (χ1) is 12.9. The number of benzene rings is 2. The third-order valence-electron chi connectivity index (χ3n) is 4.46. The number of amides is 1. The number of hydrogen-bond acceptors (Lipinski definition) is 3. The number of aromatic carboxylic acids is 1. The van der Waals surface area contributed by atoms with Crippen LogP contribution in [0.1, 0.15) is 32.5 Å². The Morgan fingerprint density at radius 2 is 2.00 bits per heavy atom. The van der Waals surface area contributed by atoms with E-state index in [1.54, 1.807) is 6.07 Å². The van der Waals surface area contributed by atoms with Crippen LogP contribution in [0.15, 0.2) is 53.0 Å². The van der Waals surface area contributed by atoms with E-state index >= 15 is 0 Å². The van der Waals surface area contributed by atoms with Gasteiger partial charge in [0.1, 0.15) is 10.7 Å². The van der Waals surface area contributed by atoms with Gasteiger partial charge in [0.05, 0.1) is 5.69 Å². The van der Waals surface area contributed by atoms with E-state index in [9.17, 15) is 19.1 Å². The van der Waals surface area contributed by atoms with Crippen LogP contribution in [-0.4, -0.2) is 17.0 Å². The van der Waals surface area contributed by atoms with Crippen LogP contribution in [0.4, 0.5) is 10.1 Å². The Kier molecular flexibility index (Phi) is 4.57. The Labute approximate surface area is 166 Å². The van der Waals surface area contributed by atoms with Crippen molar-refractivity contribution in [2.75, 3.05) is 5.32 Å². The number of rotatable bonds is 3. The molecule has 0 aliphatic carbocycles. The molecule has 2 N–H and O–H groups in total. The molecule has 4 rings (SSSR count). The molecule has 3 aromatic rings. The van der Waals surface area contributed by atoms with Crippen LogP contribution in [0, 0.1) is 5.82 Å². The molecule has 0 radical (unpaired) electrons. The smallest absolute Gasteiger partial charge is 0.346 e. The highest BCUT2D eigenvalue weighted by molar-refractivity contribution is 9.10. The third-order valence-corrected chi connectivity index (χ3v) is 6.25. The van der Waals surface area contributed by atoms with Crippen LogP contribution in [-0.2, 0) is 4.79 Å². The number of carbonyl (C=O) groups excluding carboxylic acids is 1. The van der Waals surface area contributed by atoms with Gasteiger partial charge in [0.25, 0.3) is 0 Å². The molecule has 0 bridgehead atoms. The maximum atomic E-state index is 13.8. The van der Waals surface area contributed by atoms with Gasteiger partial charge in [0.15, 0.2) is 0 Å². The Morgan fingerprint density at radius 3 is 2.70 bits per heavy atom. The molecule has 1 aliphatic heterocycles. The highest BCUT2D eigenvalue weighted by atomic mass is 79.9. The molecular formula is C20H13BrFNO3S. The largest absolute Gasteiger partial charge is 0.477 e. The molecular weight excluding hydrogens is 433 g/mol. The van der Waals surface area contributed by atoms with Crippen molar-refractivity contribution in [3.8, 4) is 11.1 Å². The summed E-state index contributed by atoms with van der Waals surface area (Å²) in [5, 5.41) is 12.5. The molecule has 7 heteroatoms. The highest BCUT2D eigenvalue weighted by Crippen LogP contribution is 2.49. The number of carboxylic acid groups (broad SMARTS) is 1. The second-order valence-electron chi connectivity index (χ2n) is 6.22. The maximum Gasteiger partial charge on any atom is 0.346 e. The van der Waals surface area contributed by atoms with Crippen molar-refractivity contribution in [1.82, 2.24) is 0 Å². The molecule has 4 nitrogen and oxygen atoms in total. The van der Waals surface area contributed by atoms with Gasteiger partial charge in [0, 0.05) is 27.3 Å². The molecule has 0 spiro atoms. The predicted molar refractivity (Wildman–Crippen MR) is 106 cm³/mol. The molecule has 0 saturated carbocycles. The van der Waals surface area contributed by atoms with Gasteiger partial charge in [-0.3, -0.25) is 4.79 Å². The zero-order chi connectivity index (χ0) is 19.1. The normalized spacial score (nSPS) is 15.9. The standard InChI is InChI=1S/C20H13BrFNO3S/c21-12-5-1-3-10(7-12)14-9-15(24)23-17-16(11-4-2-6-13(22)8-11)19(20(25)26)27-18(14)17/h1-8,14H,9H2,(H,23,24)(H,25,26)/t14-/m0/s1. The second kappa shape index (κ2) is 6.90. The fourth-order valence-corrected chi connectivity index (χ4v) is 5.01. The van der Waals surface area contributed by atoms with E-state index in [-0.39, 0.29) is 23.1 Å². The molecule has 136 valence electrons. The number of hydrogen-bond donors (Lipinski definition) is 2. The Balaban J connectivity index is 1.95. The van der Waals surface area contributed by atoms with Gasteiger partial charge in [-0.2, -0.15) is 0 Å². The average Bonchev–Trinajstić information content (AvgIpc) is 3.00. The van der Waals surface area contributed by atoms with Gasteiger partial charge in [-0.1, -0.05) is 40.2 Å². The van der Waals surface area contributed by atoms with Crippen molar-refractivity contribution in [3.05, 3.63) is 74.1 Å². The van der Waals surface area contributed by atoms with E-state index < -0.39 is 11.8 Å². The molecule has 0 fully saturated rings. The molecule has 27 heavy (non-hydrogen) atoms. The molecule has 0 saturated heterocycles. The van der Waals surface area contributed by atoms with Crippen molar-refractivity contribution in [2.24, 2.45) is 0 Å². The van der Waals surface area contributed by atoms with E-state index in [4.69, 9.17) is 0 Å². The number of halogens is 2. The minimum Gasteiger partial charge on any atom is -0.477 e. The second-order valence-corrected chi connectivity index (χ2v) is 8.19. The summed E-state index contributed by atoms with van der Waals surface area (Å²) in [5.41, 5.74) is 2.17. The zero-order valence-electron chi connectivity index (χ0n) is 13.8. The van der Waals surface area contributed by atoms with Crippen LogP contribution < -0.4 is 5.32 Å². The fourth-order valence-electron chi connectivity index (χ4n) is 3.35. The molecule has 1 aliphatic rings. The molecule has 1 amide bonds. The number of nitrogens with one attached hydrogen (secondary N) is 1. The van der Waals surface area contributed by atoms with E-state index in [1.807, 2.05) is 24.3 Å². The first-order valence-corrected chi connectivity index (χ1v) is 9.76. The average molecular weight is 446 g/mol. The fraction of sp³-hybridized carbons (Fsp3) is 0.100. The summed E-state index contributed by atoms with van der Waals surface area (Å²) in [6.07, 6.45) is 0.228. The number of anilines is 1. The van der Waals surface area contributed by atoms with Crippen molar-refractivity contribution < 1.29 is 19.1 Å². The molecule has 1 atom stereocenters. The summed E-state index contributed by atoms with van der Waals surface area (Å²) in [4.78, 5) is 25.1. The Hall–Kier alpha value is -2.51. The summed E-state index contributed by atoms with van der Waals surface area (Å²) in [6.45, 7) is 0. The van der Waals surface area contributed by atoms with E-state index in [0.29, 0.717) is 16.8 Å². The van der Waals surface area contributed by atoms with Crippen LogP contribution >= 0.6 is 27.3 Å². The van der Waals surface area contributed by atoms with E-state index in [2.05, 4.69) is 21.2 Å². The first-order valence-electron chi connectivity index (χ1n) is 8.15. The molecule has 2 aromatic carbocycles. The highest BCUT2D eigenvalue weighted by Gasteiger charge is 2.34. The summed E-state index contributed by atoms with van der Waals surface area (Å²) < 4.78 is 14.6. The van der Waals surface area contributed by atoms with Crippen LogP contribution in [0.5, 0.6) is 0 Å². The van der Waals surface area contributed by atoms with Crippen molar-refractivity contribution >= 4 is 44.8 Å². The molecule has 2 heterocycles. The predicted octanol–water partition coefficient (Wildman–Crippen LogP) is 5.49. The lowest BCUT2D eigenvalue weighted by Gasteiger charge is -2.24. The van der Waals surface area contributed by atoms with Gasteiger partial charge < -0.3 is 10.4 Å². The number of carbonyl (C=O) groups is 2. The van der Waals surface area contributed by atoms with Gasteiger partial charge in [-0.05, 0) is 35.4 Å². The van der Waals surface area contributed by atoms with Crippen molar-refractivity contribution in [1.29, 1.82) is 0 Å². The van der Waals surface area contributed by atoms with Crippen LogP contribution in [0.3, 0.4) is 0 Å². The van der Waals surface area contributed by atoms with E-state index in [1.165, 1.54) is 18.2 Å². The lowest BCUT2D eigenvalue weighted by molar-refractivity contribution is -0.116. The Morgan fingerprint density at radius 1 is 1.22 bits per heavy atom. The summed E-state index contributed by atoms with van der Waals surface area (Å²) in [5.74, 6) is -2.01. The third kappa shape index (κ3) is 3.28. The minimum atomic E-state index is -1.10. The lowest BCUT2D eigenvalue weighted by Crippen LogP contribution is -2.22. The van der Waals surface area contributed by atoms with E-state index in [0.717, 1.165) is 26.3 Å². The minimum absolute atomic E-state index is 0.0906. The zero-order valence-corrected chi connectivity index (χ0v) is 16.2. The Bertz CT molecular complexity index is 1080. The van der Waals surface area contributed by atoms with Gasteiger partial charge in [0.2, 0.25) is 5.91 Å². The summed E-state index contributed by atoms with van der Waals surface area (Å²) in [7, 11) is 0. The quantitative estimate of drug-likeness (QED) is 0.559. The topological polar surface area (TPSA) is 66.4 Å². The monoisotopic (exact) mass is 445 g/mol. The number of fused-ring (bicyclic) bond motifs is 1. The van der Waals surface area contributed by atoms with Gasteiger partial charge in [-0.15, -0.1) is 11.3 Å². The van der Waals surface area contributed by atoms with Crippen LogP contribution in [0.25, 0.3) is 11.1 Å². The van der Waals surface area contributed by atoms with Gasteiger partial charge in [-0.25, -0.2) is 9.18 Å².